The molecule has 6 nitrogen and oxygen atoms in total. The van der Waals surface area contributed by atoms with Crippen LogP contribution in [0.1, 0.15) is 43.9 Å². The number of amides is 1. The average molecular weight is 399 g/mol. The number of carbonyl (C=O) groups excluding carboxylic acids is 1. The van der Waals surface area contributed by atoms with Crippen LogP contribution in [0, 0.1) is 13.8 Å². The van der Waals surface area contributed by atoms with E-state index in [1.165, 1.54) is 23.7 Å². The van der Waals surface area contributed by atoms with Crippen molar-refractivity contribution < 1.29 is 9.21 Å². The Hall–Kier alpha value is -2.28. The molecule has 1 amide bonds. The van der Waals surface area contributed by atoms with Gasteiger partial charge in [-0.05, 0) is 63.3 Å². The van der Waals surface area contributed by atoms with Gasteiger partial charge in [-0.3, -0.25) is 4.79 Å². The number of H-pyrrole nitrogens is 1. The SMILES string of the molecule is CC[C@@H]1CCCCN1C(=O)CSc1nnc(-c2ccc3[nH]c(C)c(C)c3c2)o1. The predicted molar refractivity (Wildman–Crippen MR) is 111 cm³/mol. The van der Waals surface area contributed by atoms with Crippen LogP contribution >= 0.6 is 11.8 Å². The van der Waals surface area contributed by atoms with Gasteiger partial charge in [0.2, 0.25) is 11.8 Å². The summed E-state index contributed by atoms with van der Waals surface area (Å²) in [6, 6.07) is 6.46. The molecule has 1 aliphatic heterocycles. The van der Waals surface area contributed by atoms with Gasteiger partial charge in [-0.2, -0.15) is 0 Å². The molecule has 2 aromatic heterocycles. The number of nitrogens with one attached hydrogen (secondary N) is 1. The average Bonchev–Trinajstić information content (AvgIpc) is 3.30. The van der Waals surface area contributed by atoms with Crippen molar-refractivity contribution in [2.75, 3.05) is 12.3 Å². The van der Waals surface area contributed by atoms with Gasteiger partial charge in [0.15, 0.2) is 0 Å². The van der Waals surface area contributed by atoms with Crippen LogP contribution in [0.4, 0.5) is 0 Å². The fraction of sp³-hybridized carbons (Fsp3) is 0.476. The molecular formula is C21H26N4O2S. The smallest absolute Gasteiger partial charge is 0.277 e. The number of benzene rings is 1. The topological polar surface area (TPSA) is 75.0 Å². The van der Waals surface area contributed by atoms with E-state index in [0.717, 1.165) is 48.0 Å². The fourth-order valence-corrected chi connectivity index (χ4v) is 4.59. The van der Waals surface area contributed by atoms with Crippen LogP contribution in [-0.2, 0) is 4.79 Å². The van der Waals surface area contributed by atoms with Gasteiger partial charge in [0.25, 0.3) is 5.22 Å². The third kappa shape index (κ3) is 3.68. The zero-order valence-corrected chi connectivity index (χ0v) is 17.4. The number of rotatable bonds is 5. The van der Waals surface area contributed by atoms with Crippen LogP contribution in [0.5, 0.6) is 0 Å². The van der Waals surface area contributed by atoms with Crippen molar-refractivity contribution in [1.29, 1.82) is 0 Å². The van der Waals surface area contributed by atoms with Crippen molar-refractivity contribution >= 4 is 28.6 Å². The highest BCUT2D eigenvalue weighted by Crippen LogP contribution is 2.29. The Morgan fingerprint density at radius 2 is 2.18 bits per heavy atom. The summed E-state index contributed by atoms with van der Waals surface area (Å²) in [5, 5.41) is 9.90. The minimum atomic E-state index is 0.163. The number of hydrogen-bond donors (Lipinski definition) is 1. The molecule has 4 rings (SSSR count). The molecule has 1 N–H and O–H groups in total. The molecule has 0 spiro atoms. The van der Waals surface area contributed by atoms with Gasteiger partial charge in [0.1, 0.15) is 0 Å². The Balaban J connectivity index is 1.44. The Morgan fingerprint density at radius 3 is 3.00 bits per heavy atom. The number of thioether (sulfide) groups is 1. The Kier molecular flexibility index (Phi) is 5.44. The van der Waals surface area contributed by atoms with Crippen LogP contribution in [0.3, 0.4) is 0 Å². The quantitative estimate of drug-likeness (QED) is 0.630. The van der Waals surface area contributed by atoms with Gasteiger partial charge >= 0.3 is 0 Å². The Labute approximate surface area is 169 Å². The molecule has 7 heteroatoms. The summed E-state index contributed by atoms with van der Waals surface area (Å²) in [6.07, 6.45) is 4.44. The normalized spacial score (nSPS) is 17.4. The summed E-state index contributed by atoms with van der Waals surface area (Å²) < 4.78 is 5.82. The monoisotopic (exact) mass is 398 g/mol. The van der Waals surface area contributed by atoms with Gasteiger partial charge < -0.3 is 14.3 Å². The number of fused-ring (bicyclic) bond motifs is 1. The number of carbonyl (C=O) groups is 1. The number of hydrogen-bond acceptors (Lipinski definition) is 5. The van der Waals surface area contributed by atoms with Crippen LogP contribution < -0.4 is 0 Å². The number of piperidine rings is 1. The highest BCUT2D eigenvalue weighted by molar-refractivity contribution is 7.99. The van der Waals surface area contributed by atoms with E-state index < -0.39 is 0 Å². The Morgan fingerprint density at radius 1 is 1.32 bits per heavy atom. The number of aromatic nitrogens is 3. The molecule has 0 bridgehead atoms. The standard InChI is InChI=1S/C21H26N4O2S/c1-4-16-7-5-6-10-25(16)19(26)12-28-21-24-23-20(27-21)15-8-9-18-17(11-15)13(2)14(3)22-18/h8-9,11,16,22H,4-7,10,12H2,1-3H3/t16-/m1/s1. The molecule has 1 atom stereocenters. The van der Waals surface area contributed by atoms with Crippen LogP contribution in [-0.4, -0.2) is 44.3 Å². The van der Waals surface area contributed by atoms with E-state index in [0.29, 0.717) is 22.9 Å². The van der Waals surface area contributed by atoms with Crippen molar-refractivity contribution in [3.05, 3.63) is 29.5 Å². The second kappa shape index (κ2) is 7.99. The van der Waals surface area contributed by atoms with E-state index in [1.807, 2.05) is 17.0 Å². The van der Waals surface area contributed by atoms with Crippen LogP contribution in [0.25, 0.3) is 22.4 Å². The van der Waals surface area contributed by atoms with Gasteiger partial charge in [-0.15, -0.1) is 10.2 Å². The summed E-state index contributed by atoms with van der Waals surface area (Å²) in [4.78, 5) is 18.0. The fourth-order valence-electron chi connectivity index (χ4n) is 3.94. The number of nitrogens with zero attached hydrogens (tertiary/aromatic N) is 3. The van der Waals surface area contributed by atoms with Crippen LogP contribution in [0.15, 0.2) is 27.8 Å². The van der Waals surface area contributed by atoms with E-state index in [-0.39, 0.29) is 5.91 Å². The molecule has 1 fully saturated rings. The van der Waals surface area contributed by atoms with E-state index in [4.69, 9.17) is 4.42 Å². The lowest BCUT2D eigenvalue weighted by Gasteiger charge is -2.35. The highest BCUT2D eigenvalue weighted by atomic mass is 32.2. The van der Waals surface area contributed by atoms with Gasteiger partial charge in [-0.1, -0.05) is 18.7 Å². The Bertz CT molecular complexity index is 994. The van der Waals surface area contributed by atoms with Gasteiger partial charge in [0.05, 0.1) is 5.75 Å². The molecule has 1 aliphatic rings. The molecule has 148 valence electrons. The van der Waals surface area contributed by atoms with E-state index in [1.54, 1.807) is 0 Å². The maximum absolute atomic E-state index is 12.6. The maximum atomic E-state index is 12.6. The van der Waals surface area contributed by atoms with Crippen molar-refractivity contribution in [3.8, 4) is 11.5 Å². The second-order valence-corrected chi connectivity index (χ2v) is 8.37. The number of aromatic amines is 1. The first kappa shape index (κ1) is 19.1. The molecule has 0 aliphatic carbocycles. The summed E-state index contributed by atoms with van der Waals surface area (Å²) in [7, 11) is 0. The lowest BCUT2D eigenvalue weighted by molar-refractivity contribution is -0.132. The first-order valence-corrected chi connectivity index (χ1v) is 10.9. The molecule has 0 saturated carbocycles. The first-order valence-electron chi connectivity index (χ1n) is 9.92. The molecule has 28 heavy (non-hydrogen) atoms. The van der Waals surface area contributed by atoms with E-state index >= 15 is 0 Å². The van der Waals surface area contributed by atoms with Gasteiger partial charge in [-0.25, -0.2) is 0 Å². The summed E-state index contributed by atoms with van der Waals surface area (Å²) in [6.45, 7) is 7.18. The zero-order valence-electron chi connectivity index (χ0n) is 16.6. The van der Waals surface area contributed by atoms with Crippen LogP contribution in [0.2, 0.25) is 0 Å². The zero-order chi connectivity index (χ0) is 19.7. The summed E-state index contributed by atoms with van der Waals surface area (Å²) >= 11 is 1.32. The summed E-state index contributed by atoms with van der Waals surface area (Å²) in [5.41, 5.74) is 4.38. The van der Waals surface area contributed by atoms with Crippen molar-refractivity contribution in [2.45, 2.75) is 57.7 Å². The second-order valence-electron chi connectivity index (χ2n) is 7.44. The predicted octanol–water partition coefficient (Wildman–Crippen LogP) is 4.72. The minimum Gasteiger partial charge on any atom is -0.411 e. The van der Waals surface area contributed by atoms with Gasteiger partial charge in [0, 0.05) is 34.7 Å². The number of aryl methyl sites for hydroxylation is 2. The lowest BCUT2D eigenvalue weighted by Crippen LogP contribution is -2.44. The van der Waals surface area contributed by atoms with Crippen molar-refractivity contribution in [2.24, 2.45) is 0 Å². The summed E-state index contributed by atoms with van der Waals surface area (Å²) in [5.74, 6) is 0.989. The lowest BCUT2D eigenvalue weighted by atomic mass is 10.0. The number of likely N-dealkylation sites (tertiary alicyclic amines) is 1. The van der Waals surface area contributed by atoms with E-state index in [9.17, 15) is 4.79 Å². The molecule has 1 saturated heterocycles. The van der Waals surface area contributed by atoms with Crippen molar-refractivity contribution in [3.63, 3.8) is 0 Å². The molecule has 1 aromatic carbocycles. The van der Waals surface area contributed by atoms with Crippen molar-refractivity contribution in [1.82, 2.24) is 20.1 Å². The minimum absolute atomic E-state index is 0.163. The maximum Gasteiger partial charge on any atom is 0.277 e. The highest BCUT2D eigenvalue weighted by Gasteiger charge is 2.25. The molecular weight excluding hydrogens is 372 g/mol. The largest absolute Gasteiger partial charge is 0.411 e. The molecule has 0 unspecified atom stereocenters. The third-order valence-electron chi connectivity index (χ3n) is 5.70. The third-order valence-corrected chi connectivity index (χ3v) is 6.50. The molecule has 0 radical (unpaired) electrons. The first-order chi connectivity index (χ1) is 13.6. The van der Waals surface area contributed by atoms with E-state index in [2.05, 4.69) is 42.0 Å². The molecule has 3 heterocycles. The molecule has 3 aromatic rings.